The first-order valence-corrected chi connectivity index (χ1v) is 13.4. The SMILES string of the molecule is CCC(CC)(CC/C=C(\C)c1csc(CO)c1)O[Si](CC)(CC)CC. The van der Waals surface area contributed by atoms with Gasteiger partial charge < -0.3 is 9.53 Å². The molecule has 144 valence electrons. The van der Waals surface area contributed by atoms with Gasteiger partial charge in [0.25, 0.3) is 0 Å². The first-order valence-electron chi connectivity index (χ1n) is 9.99. The maximum absolute atomic E-state index is 9.24. The summed E-state index contributed by atoms with van der Waals surface area (Å²) in [5.74, 6) is 0. The second kappa shape index (κ2) is 10.7. The fraction of sp³-hybridized carbons (Fsp3) is 0.714. The third-order valence-corrected chi connectivity index (χ3v) is 11.6. The van der Waals surface area contributed by atoms with Gasteiger partial charge in [0.1, 0.15) is 0 Å². The van der Waals surface area contributed by atoms with Crippen LogP contribution in [0.15, 0.2) is 17.5 Å². The molecule has 0 bridgehead atoms. The molecule has 0 fully saturated rings. The van der Waals surface area contributed by atoms with Crippen molar-refractivity contribution in [3.63, 3.8) is 0 Å². The van der Waals surface area contributed by atoms with Crippen molar-refractivity contribution < 1.29 is 9.53 Å². The number of thiophene rings is 1. The van der Waals surface area contributed by atoms with E-state index in [1.54, 1.807) is 11.3 Å². The highest BCUT2D eigenvalue weighted by Gasteiger charge is 2.38. The van der Waals surface area contributed by atoms with Gasteiger partial charge in [-0.25, -0.2) is 0 Å². The molecular weight excluding hydrogens is 344 g/mol. The molecule has 25 heavy (non-hydrogen) atoms. The molecule has 2 nitrogen and oxygen atoms in total. The van der Waals surface area contributed by atoms with E-state index in [1.807, 2.05) is 0 Å². The lowest BCUT2D eigenvalue weighted by Crippen LogP contribution is -2.46. The molecule has 0 aliphatic carbocycles. The van der Waals surface area contributed by atoms with Crippen LogP contribution in [0.5, 0.6) is 0 Å². The molecule has 1 aromatic rings. The molecule has 0 aromatic carbocycles. The van der Waals surface area contributed by atoms with Gasteiger partial charge in [-0.15, -0.1) is 11.3 Å². The third kappa shape index (κ3) is 6.06. The van der Waals surface area contributed by atoms with Crippen molar-refractivity contribution in [1.82, 2.24) is 0 Å². The molecule has 1 rings (SSSR count). The van der Waals surface area contributed by atoms with E-state index in [2.05, 4.69) is 59.1 Å². The summed E-state index contributed by atoms with van der Waals surface area (Å²) in [4.78, 5) is 1.03. The van der Waals surface area contributed by atoms with E-state index in [1.165, 1.54) is 29.3 Å². The topological polar surface area (TPSA) is 29.5 Å². The average molecular weight is 383 g/mol. The standard InChI is InChI=1S/C21H38O2SSi/c1-7-21(8-2,23-25(9-3,10-4)11-5)14-12-13-18(6)19-15-20(16-22)24-17-19/h13,15,17,22H,7-12,14,16H2,1-6H3/b18-13+. The largest absolute Gasteiger partial charge is 0.411 e. The number of hydrogen-bond acceptors (Lipinski definition) is 3. The third-order valence-electron chi connectivity index (χ3n) is 5.97. The molecule has 0 radical (unpaired) electrons. The maximum Gasteiger partial charge on any atom is 0.192 e. The minimum absolute atomic E-state index is 0.0376. The van der Waals surface area contributed by atoms with Crippen LogP contribution >= 0.6 is 11.3 Å². The minimum atomic E-state index is -1.58. The molecule has 0 atom stereocenters. The number of hydrogen-bond donors (Lipinski definition) is 1. The van der Waals surface area contributed by atoms with Crippen LogP contribution in [0.25, 0.3) is 5.57 Å². The Bertz CT molecular complexity index is 519. The molecule has 0 aliphatic rings. The molecule has 0 saturated carbocycles. The zero-order valence-corrected chi connectivity index (χ0v) is 19.0. The van der Waals surface area contributed by atoms with Crippen LogP contribution in [0.2, 0.25) is 18.1 Å². The Morgan fingerprint density at radius 2 is 1.76 bits per heavy atom. The van der Waals surface area contributed by atoms with Crippen molar-refractivity contribution in [1.29, 1.82) is 0 Å². The normalized spacial score (nSPS) is 13.5. The lowest BCUT2D eigenvalue weighted by molar-refractivity contribution is 0.0397. The summed E-state index contributed by atoms with van der Waals surface area (Å²) in [7, 11) is -1.58. The molecule has 1 N–H and O–H groups in total. The van der Waals surface area contributed by atoms with E-state index in [-0.39, 0.29) is 12.2 Å². The highest BCUT2D eigenvalue weighted by molar-refractivity contribution is 7.10. The Hall–Kier alpha value is -0.423. The maximum atomic E-state index is 9.24. The number of allylic oxidation sites excluding steroid dienone is 2. The lowest BCUT2D eigenvalue weighted by Gasteiger charge is -2.42. The summed E-state index contributed by atoms with van der Waals surface area (Å²) >= 11 is 1.63. The average Bonchev–Trinajstić information content (AvgIpc) is 3.14. The van der Waals surface area contributed by atoms with Crippen LogP contribution in [-0.2, 0) is 11.0 Å². The van der Waals surface area contributed by atoms with Crippen molar-refractivity contribution in [3.05, 3.63) is 28.0 Å². The zero-order valence-electron chi connectivity index (χ0n) is 17.2. The Morgan fingerprint density at radius 3 is 2.20 bits per heavy atom. The Morgan fingerprint density at radius 1 is 1.16 bits per heavy atom. The first kappa shape index (κ1) is 22.6. The highest BCUT2D eigenvalue weighted by atomic mass is 32.1. The predicted molar refractivity (Wildman–Crippen MR) is 115 cm³/mol. The van der Waals surface area contributed by atoms with Crippen LogP contribution in [0.3, 0.4) is 0 Å². The number of aliphatic hydroxyl groups is 1. The van der Waals surface area contributed by atoms with Crippen molar-refractivity contribution >= 4 is 25.2 Å². The molecule has 0 unspecified atom stereocenters. The monoisotopic (exact) mass is 382 g/mol. The van der Waals surface area contributed by atoms with Crippen molar-refractivity contribution in [3.8, 4) is 0 Å². The number of rotatable bonds is 12. The van der Waals surface area contributed by atoms with Gasteiger partial charge in [0.05, 0.1) is 12.2 Å². The lowest BCUT2D eigenvalue weighted by atomic mass is 9.91. The van der Waals surface area contributed by atoms with Crippen molar-refractivity contribution in [2.75, 3.05) is 0 Å². The summed E-state index contributed by atoms with van der Waals surface area (Å²) < 4.78 is 6.96. The highest BCUT2D eigenvalue weighted by Crippen LogP contribution is 2.35. The summed E-state index contributed by atoms with van der Waals surface area (Å²) in [6, 6.07) is 5.75. The minimum Gasteiger partial charge on any atom is -0.411 e. The molecule has 0 spiro atoms. The van der Waals surface area contributed by atoms with Crippen LogP contribution in [0.4, 0.5) is 0 Å². The fourth-order valence-corrected chi connectivity index (χ4v) is 7.61. The Balaban J connectivity index is 2.81. The Labute approximate surface area is 160 Å². The van der Waals surface area contributed by atoms with Gasteiger partial charge in [-0.3, -0.25) is 0 Å². The van der Waals surface area contributed by atoms with Crippen molar-refractivity contribution in [2.24, 2.45) is 0 Å². The predicted octanol–water partition coefficient (Wildman–Crippen LogP) is 7.00. The quantitative estimate of drug-likeness (QED) is 0.394. The summed E-state index contributed by atoms with van der Waals surface area (Å²) in [5, 5.41) is 11.4. The van der Waals surface area contributed by atoms with Crippen LogP contribution in [0, 0.1) is 0 Å². The van der Waals surface area contributed by atoms with Crippen LogP contribution in [0.1, 0.15) is 77.7 Å². The van der Waals surface area contributed by atoms with Crippen LogP contribution < -0.4 is 0 Å². The van der Waals surface area contributed by atoms with Gasteiger partial charge in [0.15, 0.2) is 8.32 Å². The zero-order chi connectivity index (χ0) is 18.9. The summed E-state index contributed by atoms with van der Waals surface area (Å²) in [6.45, 7) is 13.8. The summed E-state index contributed by atoms with van der Waals surface area (Å²) in [5.41, 5.74) is 2.59. The van der Waals surface area contributed by atoms with Gasteiger partial charge in [0, 0.05) is 4.88 Å². The molecule has 1 aromatic heterocycles. The van der Waals surface area contributed by atoms with Gasteiger partial charge in [-0.2, -0.15) is 0 Å². The molecule has 4 heteroatoms. The molecule has 0 saturated heterocycles. The summed E-state index contributed by atoms with van der Waals surface area (Å²) in [6.07, 6.45) is 6.69. The Kier molecular flexibility index (Phi) is 9.64. The molecule has 1 heterocycles. The van der Waals surface area contributed by atoms with E-state index in [0.29, 0.717) is 0 Å². The van der Waals surface area contributed by atoms with E-state index >= 15 is 0 Å². The second-order valence-corrected chi connectivity index (χ2v) is 12.8. The molecule has 0 amide bonds. The molecule has 0 aliphatic heterocycles. The van der Waals surface area contributed by atoms with E-state index < -0.39 is 8.32 Å². The van der Waals surface area contributed by atoms with E-state index in [9.17, 15) is 5.11 Å². The van der Waals surface area contributed by atoms with Crippen molar-refractivity contribution in [2.45, 2.75) is 97.6 Å². The first-order chi connectivity index (χ1) is 11.9. The van der Waals surface area contributed by atoms with Gasteiger partial charge in [-0.05, 0) is 73.3 Å². The van der Waals surface area contributed by atoms with Crippen LogP contribution in [-0.4, -0.2) is 19.0 Å². The number of aliphatic hydroxyl groups excluding tert-OH is 1. The fourth-order valence-electron chi connectivity index (χ4n) is 3.56. The van der Waals surface area contributed by atoms with Gasteiger partial charge in [0.2, 0.25) is 0 Å². The smallest absolute Gasteiger partial charge is 0.192 e. The second-order valence-electron chi connectivity index (χ2n) is 7.12. The van der Waals surface area contributed by atoms with Gasteiger partial charge in [-0.1, -0.05) is 40.7 Å². The van der Waals surface area contributed by atoms with Gasteiger partial charge >= 0.3 is 0 Å². The van der Waals surface area contributed by atoms with E-state index in [4.69, 9.17) is 4.43 Å². The molecular formula is C21H38O2SSi. The van der Waals surface area contributed by atoms with E-state index in [0.717, 1.165) is 30.6 Å².